The normalized spacial score (nSPS) is 9.73. The maximum absolute atomic E-state index is 10.6. The fraction of sp³-hybridized carbons (Fsp3) is 0.600. The summed E-state index contributed by atoms with van der Waals surface area (Å²) in [4.78, 5) is 44.4. The standard InChI is InChI=1S/C10H16N2O8.Na.H2O/c13-7(14)3-11(4-8(15)16)1-2-12(5-9(17)18)6-10(19)20;;/h1-6H2,(H,13,14)(H,15,16)(H,17,18)(H,19,20);;1H2. The molecule has 0 aromatic carbocycles. The van der Waals surface area contributed by atoms with Crippen molar-refractivity contribution in [1.29, 1.82) is 0 Å². The summed E-state index contributed by atoms with van der Waals surface area (Å²) in [5, 5.41) is 34.5. The Balaban J connectivity index is -0.00000180. The van der Waals surface area contributed by atoms with E-state index in [0.29, 0.717) is 0 Å². The molecule has 0 fully saturated rings. The Morgan fingerprint density at radius 3 is 0.909 bits per heavy atom. The number of hydrogen-bond acceptors (Lipinski definition) is 6. The summed E-state index contributed by atoms with van der Waals surface area (Å²) in [6.45, 7) is -2.25. The van der Waals surface area contributed by atoms with Crippen molar-refractivity contribution < 1.29 is 45.1 Å². The molecule has 6 N–H and O–H groups in total. The van der Waals surface area contributed by atoms with Crippen molar-refractivity contribution in [3.8, 4) is 0 Å². The Morgan fingerprint density at radius 2 is 0.773 bits per heavy atom. The third kappa shape index (κ3) is 15.2. The number of carboxylic acids is 4. The average Bonchev–Trinajstić information content (AvgIpc) is 2.22. The SMILES string of the molecule is O.O=C(O)CN(CCN(CC(=O)O)CC(=O)O)CC(=O)O.[Na]. The van der Waals surface area contributed by atoms with Crippen LogP contribution in [-0.2, 0) is 19.2 Å². The Kier molecular flexibility index (Phi) is 15.7. The third-order valence-electron chi connectivity index (χ3n) is 2.17. The largest absolute Gasteiger partial charge is 0.480 e. The van der Waals surface area contributed by atoms with Crippen molar-refractivity contribution in [2.45, 2.75) is 0 Å². The van der Waals surface area contributed by atoms with Gasteiger partial charge in [0, 0.05) is 42.6 Å². The summed E-state index contributed by atoms with van der Waals surface area (Å²) >= 11 is 0. The smallest absolute Gasteiger partial charge is 0.317 e. The summed E-state index contributed by atoms with van der Waals surface area (Å²) in [5.41, 5.74) is 0. The molecule has 0 saturated heterocycles. The van der Waals surface area contributed by atoms with Crippen molar-refractivity contribution in [2.24, 2.45) is 0 Å². The number of carboxylic acid groups (broad SMARTS) is 4. The van der Waals surface area contributed by atoms with Crippen molar-refractivity contribution in [1.82, 2.24) is 9.80 Å². The first-order chi connectivity index (χ1) is 9.20. The third-order valence-corrected chi connectivity index (χ3v) is 2.17. The monoisotopic (exact) mass is 333 g/mol. The van der Waals surface area contributed by atoms with Crippen LogP contribution in [0, 0.1) is 0 Å². The number of carbonyl (C=O) groups is 4. The topological polar surface area (TPSA) is 187 Å². The molecule has 0 spiro atoms. The molecule has 0 unspecified atom stereocenters. The molecule has 0 aliphatic carbocycles. The van der Waals surface area contributed by atoms with Gasteiger partial charge in [-0.3, -0.25) is 29.0 Å². The molecule has 0 aromatic heterocycles. The number of rotatable bonds is 11. The molecule has 22 heavy (non-hydrogen) atoms. The number of nitrogens with zero attached hydrogens (tertiary/aromatic N) is 2. The molecule has 0 aliphatic heterocycles. The molecule has 0 aromatic rings. The molecular weight excluding hydrogens is 315 g/mol. The second-order valence-electron chi connectivity index (χ2n) is 4.00. The maximum atomic E-state index is 10.6. The van der Waals surface area contributed by atoms with Crippen LogP contribution in [0.4, 0.5) is 0 Å². The zero-order chi connectivity index (χ0) is 15.7. The minimum absolute atomic E-state index is 0. The zero-order valence-corrected chi connectivity index (χ0v) is 14.1. The molecule has 11 nitrogen and oxygen atoms in total. The first-order valence-corrected chi connectivity index (χ1v) is 5.52. The van der Waals surface area contributed by atoms with Gasteiger partial charge in [0.2, 0.25) is 0 Å². The molecule has 0 aliphatic rings. The van der Waals surface area contributed by atoms with Gasteiger partial charge in [-0.15, -0.1) is 0 Å². The van der Waals surface area contributed by atoms with Gasteiger partial charge in [-0.05, 0) is 0 Å². The van der Waals surface area contributed by atoms with E-state index in [0.717, 1.165) is 9.80 Å². The Hall–Kier alpha value is -1.24. The maximum Gasteiger partial charge on any atom is 0.317 e. The van der Waals surface area contributed by atoms with E-state index in [2.05, 4.69) is 0 Å². The van der Waals surface area contributed by atoms with Crippen LogP contribution < -0.4 is 0 Å². The van der Waals surface area contributed by atoms with Crippen LogP contribution in [0.2, 0.25) is 0 Å². The van der Waals surface area contributed by atoms with Gasteiger partial charge >= 0.3 is 23.9 Å². The van der Waals surface area contributed by atoms with Crippen LogP contribution in [0.3, 0.4) is 0 Å². The van der Waals surface area contributed by atoms with Crippen LogP contribution in [-0.4, -0.2) is 128 Å². The average molecular weight is 333 g/mol. The van der Waals surface area contributed by atoms with E-state index < -0.39 is 50.1 Å². The molecule has 0 bridgehead atoms. The van der Waals surface area contributed by atoms with Gasteiger partial charge in [0.1, 0.15) is 0 Å². The molecule has 0 saturated carbocycles. The quantitative estimate of drug-likeness (QED) is 0.279. The summed E-state index contributed by atoms with van der Waals surface area (Å²) < 4.78 is 0. The summed E-state index contributed by atoms with van der Waals surface area (Å²) in [5.74, 6) is -4.91. The number of aliphatic carboxylic acids is 4. The van der Waals surface area contributed by atoms with Gasteiger partial charge in [-0.1, -0.05) is 0 Å². The van der Waals surface area contributed by atoms with E-state index in [1.54, 1.807) is 0 Å². The predicted octanol–water partition coefficient (Wildman–Crippen LogP) is -3.28. The Morgan fingerprint density at radius 1 is 0.591 bits per heavy atom. The van der Waals surface area contributed by atoms with E-state index in [1.165, 1.54) is 0 Å². The minimum atomic E-state index is -1.23. The summed E-state index contributed by atoms with van der Waals surface area (Å²) in [6.07, 6.45) is 0. The predicted molar refractivity (Wildman–Crippen MR) is 72.8 cm³/mol. The van der Waals surface area contributed by atoms with Crippen molar-refractivity contribution >= 4 is 53.4 Å². The fourth-order valence-electron chi connectivity index (χ4n) is 1.48. The van der Waals surface area contributed by atoms with Crippen LogP contribution in [0.15, 0.2) is 0 Å². The van der Waals surface area contributed by atoms with E-state index in [9.17, 15) is 19.2 Å². The second kappa shape index (κ2) is 13.4. The van der Waals surface area contributed by atoms with Gasteiger partial charge in [0.25, 0.3) is 0 Å². The van der Waals surface area contributed by atoms with Crippen LogP contribution in [0.25, 0.3) is 0 Å². The van der Waals surface area contributed by atoms with Crippen LogP contribution in [0.1, 0.15) is 0 Å². The van der Waals surface area contributed by atoms with E-state index in [1.807, 2.05) is 0 Å². The van der Waals surface area contributed by atoms with Crippen molar-refractivity contribution in [2.75, 3.05) is 39.3 Å². The van der Waals surface area contributed by atoms with Crippen molar-refractivity contribution in [3.63, 3.8) is 0 Å². The van der Waals surface area contributed by atoms with E-state index >= 15 is 0 Å². The van der Waals surface area contributed by atoms with Crippen molar-refractivity contribution in [3.05, 3.63) is 0 Å². The van der Waals surface area contributed by atoms with Gasteiger partial charge in [-0.25, -0.2) is 0 Å². The van der Waals surface area contributed by atoms with Crippen LogP contribution in [0.5, 0.6) is 0 Å². The Labute approximate surface area is 147 Å². The first-order valence-electron chi connectivity index (χ1n) is 5.52. The molecule has 0 rings (SSSR count). The number of hydrogen-bond donors (Lipinski definition) is 4. The second-order valence-corrected chi connectivity index (χ2v) is 4.00. The van der Waals surface area contributed by atoms with Gasteiger partial charge in [0.15, 0.2) is 0 Å². The summed E-state index contributed by atoms with van der Waals surface area (Å²) in [6, 6.07) is 0. The molecule has 1 radical (unpaired) electrons. The van der Waals surface area contributed by atoms with Crippen LogP contribution >= 0.6 is 0 Å². The van der Waals surface area contributed by atoms with E-state index in [-0.39, 0.29) is 48.1 Å². The van der Waals surface area contributed by atoms with Gasteiger partial charge in [0.05, 0.1) is 26.2 Å². The molecule has 0 atom stereocenters. The first kappa shape index (κ1) is 25.7. The molecular formula is C10H18N2NaO9. The molecule has 123 valence electrons. The minimum Gasteiger partial charge on any atom is -0.480 e. The zero-order valence-electron chi connectivity index (χ0n) is 12.1. The summed E-state index contributed by atoms with van der Waals surface area (Å²) in [7, 11) is 0. The fourth-order valence-corrected chi connectivity index (χ4v) is 1.48. The molecule has 0 heterocycles. The van der Waals surface area contributed by atoms with Gasteiger partial charge < -0.3 is 25.9 Å². The van der Waals surface area contributed by atoms with Gasteiger partial charge in [-0.2, -0.15) is 0 Å². The Bertz CT molecular complexity index is 323. The molecule has 12 heteroatoms. The van der Waals surface area contributed by atoms with E-state index in [4.69, 9.17) is 20.4 Å². The molecule has 0 amide bonds.